The molecule has 1 saturated heterocycles. The molecule has 2 rings (SSSR count). The number of piperazine rings is 1. The van der Waals surface area contributed by atoms with Gasteiger partial charge in [-0.3, -0.25) is 4.79 Å². The second-order valence-corrected chi connectivity index (χ2v) is 6.60. The van der Waals surface area contributed by atoms with E-state index < -0.39 is 10.0 Å². The topological polar surface area (TPSA) is 90.5 Å². The first-order valence-electron chi connectivity index (χ1n) is 6.79. The highest BCUT2D eigenvalue weighted by Gasteiger charge is 2.15. The Morgan fingerprint density at radius 2 is 1.86 bits per heavy atom. The predicted molar refractivity (Wildman–Crippen MR) is 80.6 cm³/mol. The summed E-state index contributed by atoms with van der Waals surface area (Å²) in [6, 6.07) is 6.30. The molecule has 0 aliphatic carbocycles. The first-order valence-corrected chi connectivity index (χ1v) is 8.27. The Bertz CT molecular complexity index is 580. The average Bonchev–Trinajstić information content (AvgIpc) is 2.54. The number of carbonyl (C=O) groups is 1. The van der Waals surface area contributed by atoms with E-state index in [1.165, 1.54) is 19.2 Å². The number of benzene rings is 1. The summed E-state index contributed by atoms with van der Waals surface area (Å²) in [7, 11) is -2.05. The second-order valence-electron chi connectivity index (χ2n) is 4.72. The van der Waals surface area contributed by atoms with Crippen molar-refractivity contribution in [1.82, 2.24) is 14.9 Å². The van der Waals surface area contributed by atoms with Crippen LogP contribution in [-0.2, 0) is 14.8 Å². The molecule has 0 aromatic heterocycles. The molecular weight excluding hydrogens is 292 g/mol. The largest absolute Gasteiger partial charge is 0.376 e. The molecule has 1 amide bonds. The summed E-state index contributed by atoms with van der Waals surface area (Å²) < 4.78 is 25.4. The van der Waals surface area contributed by atoms with Gasteiger partial charge in [0.15, 0.2) is 0 Å². The van der Waals surface area contributed by atoms with Crippen LogP contribution in [0.15, 0.2) is 29.2 Å². The maximum absolute atomic E-state index is 12.0. The van der Waals surface area contributed by atoms with Gasteiger partial charge >= 0.3 is 0 Å². The van der Waals surface area contributed by atoms with Gasteiger partial charge in [0.1, 0.15) is 0 Å². The Hall–Kier alpha value is -1.64. The molecule has 1 fully saturated rings. The van der Waals surface area contributed by atoms with Crippen molar-refractivity contribution in [2.75, 3.05) is 45.1 Å². The van der Waals surface area contributed by atoms with Crippen LogP contribution >= 0.6 is 0 Å². The molecule has 7 nitrogen and oxygen atoms in total. The Kier molecular flexibility index (Phi) is 5.16. The molecule has 0 spiro atoms. The Balaban J connectivity index is 1.90. The molecule has 8 heteroatoms. The molecule has 1 heterocycles. The average molecular weight is 312 g/mol. The Labute approximate surface area is 124 Å². The lowest BCUT2D eigenvalue weighted by Crippen LogP contribution is -2.48. The van der Waals surface area contributed by atoms with Gasteiger partial charge in [0, 0.05) is 31.9 Å². The van der Waals surface area contributed by atoms with Crippen LogP contribution in [0.1, 0.15) is 0 Å². The number of sulfonamides is 1. The third-order valence-corrected chi connectivity index (χ3v) is 4.78. The summed E-state index contributed by atoms with van der Waals surface area (Å²) in [4.78, 5) is 14.0. The maximum atomic E-state index is 12.0. The Morgan fingerprint density at radius 1 is 1.24 bits per heavy atom. The highest BCUT2D eigenvalue weighted by atomic mass is 32.2. The molecule has 0 radical (unpaired) electrons. The minimum atomic E-state index is -3.42. The zero-order valence-corrected chi connectivity index (χ0v) is 12.7. The molecule has 1 aliphatic heterocycles. The number of anilines is 1. The van der Waals surface area contributed by atoms with E-state index in [1.807, 2.05) is 4.90 Å². The van der Waals surface area contributed by atoms with Gasteiger partial charge in [0.25, 0.3) is 0 Å². The van der Waals surface area contributed by atoms with Crippen LogP contribution in [-0.4, -0.2) is 59.0 Å². The van der Waals surface area contributed by atoms with Gasteiger partial charge in [-0.25, -0.2) is 13.1 Å². The van der Waals surface area contributed by atoms with Gasteiger partial charge in [-0.1, -0.05) is 0 Å². The van der Waals surface area contributed by atoms with Crippen LogP contribution in [0.5, 0.6) is 0 Å². The lowest BCUT2D eigenvalue weighted by molar-refractivity contribution is -0.129. The van der Waals surface area contributed by atoms with E-state index in [0.717, 1.165) is 26.2 Å². The van der Waals surface area contributed by atoms with Crippen molar-refractivity contribution in [2.45, 2.75) is 4.90 Å². The van der Waals surface area contributed by atoms with Gasteiger partial charge in [0.05, 0.1) is 11.4 Å². The number of hydrogen-bond donors (Lipinski definition) is 3. The zero-order valence-electron chi connectivity index (χ0n) is 11.9. The number of nitrogens with zero attached hydrogens (tertiary/aromatic N) is 1. The summed E-state index contributed by atoms with van der Waals surface area (Å²) in [5.74, 6) is 0.0448. The van der Waals surface area contributed by atoms with Crippen molar-refractivity contribution in [3.63, 3.8) is 0 Å². The molecule has 21 heavy (non-hydrogen) atoms. The minimum Gasteiger partial charge on any atom is -0.376 e. The van der Waals surface area contributed by atoms with Gasteiger partial charge in [-0.2, -0.15) is 0 Å². The predicted octanol–water partition coefficient (Wildman–Crippen LogP) is -0.562. The number of rotatable bonds is 5. The summed E-state index contributed by atoms with van der Waals surface area (Å²) in [5, 5.41) is 6.20. The molecule has 116 valence electrons. The number of hydrogen-bond acceptors (Lipinski definition) is 5. The molecule has 3 N–H and O–H groups in total. The molecule has 0 bridgehead atoms. The summed E-state index contributed by atoms with van der Waals surface area (Å²) in [6.07, 6.45) is 0. The third-order valence-electron chi connectivity index (χ3n) is 3.35. The van der Waals surface area contributed by atoms with E-state index in [2.05, 4.69) is 15.4 Å². The summed E-state index contributed by atoms with van der Waals surface area (Å²) in [5.41, 5.74) is 0.716. The van der Waals surface area contributed by atoms with Gasteiger partial charge in [-0.15, -0.1) is 0 Å². The lowest BCUT2D eigenvalue weighted by Gasteiger charge is -2.27. The third kappa shape index (κ3) is 4.16. The molecule has 1 aromatic carbocycles. The fourth-order valence-corrected chi connectivity index (χ4v) is 2.80. The molecular formula is C13H20N4O3S. The van der Waals surface area contributed by atoms with E-state index in [-0.39, 0.29) is 17.3 Å². The zero-order chi connectivity index (χ0) is 15.3. The highest BCUT2D eigenvalue weighted by Crippen LogP contribution is 2.13. The summed E-state index contributed by atoms with van der Waals surface area (Å²) >= 11 is 0. The quantitative estimate of drug-likeness (QED) is 0.678. The van der Waals surface area contributed by atoms with Crippen molar-refractivity contribution < 1.29 is 13.2 Å². The van der Waals surface area contributed by atoms with Crippen molar-refractivity contribution in [1.29, 1.82) is 0 Å². The van der Waals surface area contributed by atoms with Crippen LogP contribution < -0.4 is 15.4 Å². The first-order chi connectivity index (χ1) is 10.0. The number of amides is 1. The molecule has 1 aliphatic rings. The van der Waals surface area contributed by atoms with E-state index in [0.29, 0.717) is 5.69 Å². The number of carbonyl (C=O) groups excluding carboxylic acids is 1. The molecule has 1 aromatic rings. The van der Waals surface area contributed by atoms with Crippen molar-refractivity contribution in [3.05, 3.63) is 24.3 Å². The van der Waals surface area contributed by atoms with E-state index >= 15 is 0 Å². The normalized spacial score (nSPS) is 15.8. The van der Waals surface area contributed by atoms with Crippen molar-refractivity contribution in [2.24, 2.45) is 0 Å². The minimum absolute atomic E-state index is 0.0448. The first kappa shape index (κ1) is 15.7. The fraction of sp³-hybridized carbons (Fsp3) is 0.462. The highest BCUT2D eigenvalue weighted by molar-refractivity contribution is 7.89. The second kappa shape index (κ2) is 6.88. The molecule has 0 atom stereocenters. The smallest absolute Gasteiger partial charge is 0.241 e. The van der Waals surface area contributed by atoms with Gasteiger partial charge < -0.3 is 15.5 Å². The monoisotopic (exact) mass is 312 g/mol. The van der Waals surface area contributed by atoms with Gasteiger partial charge in [0.2, 0.25) is 15.9 Å². The SMILES string of the molecule is CNS(=O)(=O)c1ccc(NCC(=O)N2CCNCC2)cc1. The standard InChI is InChI=1S/C13H20N4O3S/c1-14-21(19,20)12-4-2-11(3-5-12)16-10-13(18)17-8-6-15-7-9-17/h2-5,14-16H,6-10H2,1H3. The van der Waals surface area contributed by atoms with E-state index in [1.54, 1.807) is 12.1 Å². The van der Waals surface area contributed by atoms with Crippen LogP contribution in [0.3, 0.4) is 0 Å². The lowest BCUT2D eigenvalue weighted by atomic mass is 10.3. The van der Waals surface area contributed by atoms with E-state index in [9.17, 15) is 13.2 Å². The summed E-state index contributed by atoms with van der Waals surface area (Å²) in [6.45, 7) is 3.29. The van der Waals surface area contributed by atoms with Crippen molar-refractivity contribution >= 4 is 21.6 Å². The Morgan fingerprint density at radius 3 is 2.43 bits per heavy atom. The van der Waals surface area contributed by atoms with Crippen molar-refractivity contribution in [3.8, 4) is 0 Å². The molecule has 0 unspecified atom stereocenters. The fourth-order valence-electron chi connectivity index (χ4n) is 2.07. The van der Waals surface area contributed by atoms with Crippen LogP contribution in [0.25, 0.3) is 0 Å². The van der Waals surface area contributed by atoms with Crippen LogP contribution in [0.2, 0.25) is 0 Å². The van der Waals surface area contributed by atoms with E-state index in [4.69, 9.17) is 0 Å². The van der Waals surface area contributed by atoms with Crippen LogP contribution in [0, 0.1) is 0 Å². The van der Waals surface area contributed by atoms with Crippen LogP contribution in [0.4, 0.5) is 5.69 Å². The molecule has 0 saturated carbocycles. The maximum Gasteiger partial charge on any atom is 0.241 e. The van der Waals surface area contributed by atoms with Gasteiger partial charge in [-0.05, 0) is 31.3 Å². The number of nitrogens with one attached hydrogen (secondary N) is 3.